The van der Waals surface area contributed by atoms with Crippen LogP contribution in [0.15, 0.2) is 42.6 Å². The molecule has 160 valence electrons. The molecule has 0 radical (unpaired) electrons. The minimum atomic E-state index is -0.867. The lowest BCUT2D eigenvalue weighted by atomic mass is 9.88. The molecule has 0 spiro atoms. The molecule has 1 aromatic heterocycles. The molecular weight excluding hydrogens is 380 g/mol. The van der Waals surface area contributed by atoms with E-state index in [9.17, 15) is 9.59 Å². The van der Waals surface area contributed by atoms with Crippen LogP contribution in [-0.4, -0.2) is 34.1 Å². The fourth-order valence-electron chi connectivity index (χ4n) is 3.68. The molecule has 6 nitrogen and oxygen atoms in total. The maximum atomic E-state index is 11.8. The van der Waals surface area contributed by atoms with Gasteiger partial charge in [-0.2, -0.15) is 0 Å². The third kappa shape index (κ3) is 6.32. The van der Waals surface area contributed by atoms with E-state index in [-0.39, 0.29) is 24.3 Å². The van der Waals surface area contributed by atoms with E-state index in [1.54, 1.807) is 0 Å². The van der Waals surface area contributed by atoms with Gasteiger partial charge in [0.15, 0.2) is 0 Å². The zero-order valence-corrected chi connectivity index (χ0v) is 17.4. The van der Waals surface area contributed by atoms with Gasteiger partial charge < -0.3 is 20.1 Å². The van der Waals surface area contributed by atoms with Gasteiger partial charge in [-0.05, 0) is 49.0 Å². The first-order valence-electron chi connectivity index (χ1n) is 10.5. The third-order valence-electron chi connectivity index (χ3n) is 5.40. The standard InChI is InChI=1S/C24H30N2O4/c1-24(30-17-18-7-3-2-4-8-18)13-12-21-20(15-24)19(16-26-21)9-6-14-25-22(27)10-5-11-23(28)29/h2-4,7-8,12-13,16,26H,5-6,9-11,14-15,17H2,1H3,(H,25,27)(H,28,29). The summed E-state index contributed by atoms with van der Waals surface area (Å²) in [6.45, 7) is 3.28. The molecule has 1 aliphatic carbocycles. The van der Waals surface area contributed by atoms with Gasteiger partial charge >= 0.3 is 5.97 Å². The van der Waals surface area contributed by atoms with Crippen molar-refractivity contribution in [2.24, 2.45) is 0 Å². The summed E-state index contributed by atoms with van der Waals surface area (Å²) in [6.07, 6.45) is 9.44. The van der Waals surface area contributed by atoms with Crippen LogP contribution in [0.5, 0.6) is 0 Å². The number of carboxylic acids is 1. The molecule has 0 saturated carbocycles. The summed E-state index contributed by atoms with van der Waals surface area (Å²) in [7, 11) is 0. The van der Waals surface area contributed by atoms with E-state index >= 15 is 0 Å². The normalized spacial score (nSPS) is 17.5. The van der Waals surface area contributed by atoms with Gasteiger partial charge in [0.25, 0.3) is 0 Å². The molecule has 2 aromatic rings. The van der Waals surface area contributed by atoms with Crippen LogP contribution in [0.4, 0.5) is 0 Å². The van der Waals surface area contributed by atoms with Crippen LogP contribution in [0.25, 0.3) is 6.08 Å². The number of amides is 1. The van der Waals surface area contributed by atoms with Gasteiger partial charge in [-0.25, -0.2) is 0 Å². The number of aryl methyl sites for hydroxylation is 1. The molecule has 3 N–H and O–H groups in total. The fourth-order valence-corrected chi connectivity index (χ4v) is 3.68. The van der Waals surface area contributed by atoms with Gasteiger partial charge in [0.05, 0.1) is 12.2 Å². The highest BCUT2D eigenvalue weighted by Crippen LogP contribution is 2.31. The molecule has 0 bridgehead atoms. The van der Waals surface area contributed by atoms with Gasteiger partial charge in [-0.15, -0.1) is 0 Å². The number of carbonyl (C=O) groups excluding carboxylic acids is 1. The highest BCUT2D eigenvalue weighted by molar-refractivity contribution is 5.76. The molecular formula is C24H30N2O4. The predicted octanol–water partition coefficient (Wildman–Crippen LogP) is 3.86. The Morgan fingerprint density at radius 2 is 2.00 bits per heavy atom. The largest absolute Gasteiger partial charge is 0.481 e. The Morgan fingerprint density at radius 3 is 2.77 bits per heavy atom. The lowest BCUT2D eigenvalue weighted by Crippen LogP contribution is -2.31. The van der Waals surface area contributed by atoms with Crippen molar-refractivity contribution in [3.8, 4) is 0 Å². The number of fused-ring (bicyclic) bond motifs is 1. The Kier molecular flexibility index (Phi) is 7.46. The van der Waals surface area contributed by atoms with Crippen LogP contribution in [0, 0.1) is 0 Å². The molecule has 1 atom stereocenters. The van der Waals surface area contributed by atoms with Crippen molar-refractivity contribution in [2.45, 2.75) is 57.7 Å². The van der Waals surface area contributed by atoms with Gasteiger partial charge in [0.2, 0.25) is 5.91 Å². The summed E-state index contributed by atoms with van der Waals surface area (Å²) >= 11 is 0. The number of carboxylic acid groups (broad SMARTS) is 1. The molecule has 1 heterocycles. The second-order valence-electron chi connectivity index (χ2n) is 8.00. The summed E-state index contributed by atoms with van der Waals surface area (Å²) in [4.78, 5) is 25.6. The third-order valence-corrected chi connectivity index (χ3v) is 5.40. The van der Waals surface area contributed by atoms with E-state index in [0.717, 1.165) is 30.5 Å². The fraction of sp³-hybridized carbons (Fsp3) is 0.417. The van der Waals surface area contributed by atoms with Gasteiger partial charge in [-0.1, -0.05) is 36.4 Å². The van der Waals surface area contributed by atoms with Crippen molar-refractivity contribution in [1.82, 2.24) is 10.3 Å². The number of aromatic amines is 1. The topological polar surface area (TPSA) is 91.4 Å². The Labute approximate surface area is 177 Å². The number of hydrogen-bond donors (Lipinski definition) is 3. The minimum Gasteiger partial charge on any atom is -0.481 e. The first-order valence-corrected chi connectivity index (χ1v) is 10.5. The van der Waals surface area contributed by atoms with Crippen molar-refractivity contribution >= 4 is 18.0 Å². The van der Waals surface area contributed by atoms with Gasteiger partial charge in [-0.3, -0.25) is 9.59 Å². The number of ether oxygens (including phenoxy) is 1. The van der Waals surface area contributed by atoms with Crippen LogP contribution in [0.3, 0.4) is 0 Å². The SMILES string of the molecule is CC1(OCc2ccccc2)C=Cc2[nH]cc(CCCNC(=O)CCCC(=O)O)c2C1. The zero-order chi connectivity index (χ0) is 21.4. The second-order valence-corrected chi connectivity index (χ2v) is 8.00. The highest BCUT2D eigenvalue weighted by atomic mass is 16.5. The molecule has 0 saturated heterocycles. The van der Waals surface area contributed by atoms with E-state index in [0.29, 0.717) is 19.6 Å². The van der Waals surface area contributed by atoms with Crippen LogP contribution in [-0.2, 0) is 33.8 Å². The number of H-pyrrole nitrogens is 1. The van der Waals surface area contributed by atoms with Crippen molar-refractivity contribution in [1.29, 1.82) is 0 Å². The number of aliphatic carboxylic acids is 1. The molecule has 3 rings (SSSR count). The average molecular weight is 411 g/mol. The summed E-state index contributed by atoms with van der Waals surface area (Å²) in [5.74, 6) is -0.953. The maximum absolute atomic E-state index is 11.8. The van der Waals surface area contributed by atoms with Crippen LogP contribution < -0.4 is 5.32 Å². The molecule has 0 aliphatic heterocycles. The Hall–Kier alpha value is -2.86. The van der Waals surface area contributed by atoms with Crippen molar-refractivity contribution in [3.63, 3.8) is 0 Å². The number of nitrogens with one attached hydrogen (secondary N) is 2. The van der Waals surface area contributed by atoms with E-state index in [1.807, 2.05) is 24.4 Å². The van der Waals surface area contributed by atoms with E-state index in [1.165, 1.54) is 11.1 Å². The van der Waals surface area contributed by atoms with Crippen LogP contribution >= 0.6 is 0 Å². The first-order chi connectivity index (χ1) is 14.5. The molecule has 1 aliphatic rings. The van der Waals surface area contributed by atoms with Gasteiger partial charge in [0.1, 0.15) is 0 Å². The van der Waals surface area contributed by atoms with Crippen molar-refractivity contribution < 1.29 is 19.4 Å². The molecule has 0 fully saturated rings. The zero-order valence-electron chi connectivity index (χ0n) is 17.4. The summed E-state index contributed by atoms with van der Waals surface area (Å²) in [5.41, 5.74) is 4.47. The van der Waals surface area contributed by atoms with Crippen LogP contribution in [0.2, 0.25) is 0 Å². The smallest absolute Gasteiger partial charge is 0.303 e. The number of rotatable bonds is 11. The summed E-state index contributed by atoms with van der Waals surface area (Å²) in [6, 6.07) is 10.2. The maximum Gasteiger partial charge on any atom is 0.303 e. The Balaban J connectivity index is 1.46. The van der Waals surface area contributed by atoms with Crippen molar-refractivity contribution in [3.05, 3.63) is 65.0 Å². The van der Waals surface area contributed by atoms with Crippen LogP contribution in [0.1, 0.15) is 55.0 Å². The molecule has 1 amide bonds. The lowest BCUT2D eigenvalue weighted by Gasteiger charge is -2.30. The van der Waals surface area contributed by atoms with Gasteiger partial charge in [0, 0.05) is 37.7 Å². The Bertz CT molecular complexity index is 888. The predicted molar refractivity (Wildman–Crippen MR) is 116 cm³/mol. The molecule has 30 heavy (non-hydrogen) atoms. The number of benzene rings is 1. The monoisotopic (exact) mass is 410 g/mol. The lowest BCUT2D eigenvalue weighted by molar-refractivity contribution is -0.137. The molecule has 1 aromatic carbocycles. The summed E-state index contributed by atoms with van der Waals surface area (Å²) in [5, 5.41) is 11.5. The number of carbonyl (C=O) groups is 2. The molecule has 1 unspecified atom stereocenters. The number of hydrogen-bond acceptors (Lipinski definition) is 3. The van der Waals surface area contributed by atoms with E-state index in [2.05, 4.69) is 41.5 Å². The summed E-state index contributed by atoms with van der Waals surface area (Å²) < 4.78 is 6.25. The molecule has 6 heteroatoms. The second kappa shape index (κ2) is 10.3. The number of aromatic nitrogens is 1. The Morgan fingerprint density at radius 1 is 1.20 bits per heavy atom. The highest BCUT2D eigenvalue weighted by Gasteiger charge is 2.29. The van der Waals surface area contributed by atoms with Crippen molar-refractivity contribution in [2.75, 3.05) is 6.54 Å². The van der Waals surface area contributed by atoms with E-state index in [4.69, 9.17) is 9.84 Å². The quantitative estimate of drug-likeness (QED) is 0.491. The average Bonchev–Trinajstić information content (AvgIpc) is 3.12. The first kappa shape index (κ1) is 21.8. The minimum absolute atomic E-state index is 0.0293. The van der Waals surface area contributed by atoms with E-state index < -0.39 is 5.97 Å².